The maximum absolute atomic E-state index is 4.44. The van der Waals surface area contributed by atoms with Gasteiger partial charge in [-0.2, -0.15) is 5.10 Å². The van der Waals surface area contributed by atoms with Crippen molar-refractivity contribution in [1.82, 2.24) is 20.1 Å². The normalized spacial score (nSPS) is 24.0. The van der Waals surface area contributed by atoms with Crippen molar-refractivity contribution >= 4 is 0 Å². The highest BCUT2D eigenvalue weighted by molar-refractivity contribution is 4.91. The molecule has 0 spiro atoms. The van der Waals surface area contributed by atoms with Crippen molar-refractivity contribution in [2.45, 2.75) is 59.0 Å². The minimum absolute atomic E-state index is 0.628. The van der Waals surface area contributed by atoms with Crippen molar-refractivity contribution in [3.05, 3.63) is 12.2 Å². The van der Waals surface area contributed by atoms with Gasteiger partial charge in [0.1, 0.15) is 12.2 Å². The van der Waals surface area contributed by atoms with E-state index in [0.717, 1.165) is 31.5 Å². The van der Waals surface area contributed by atoms with Gasteiger partial charge in [-0.3, -0.25) is 0 Å². The van der Waals surface area contributed by atoms with Crippen LogP contribution in [0, 0.1) is 11.8 Å². The molecule has 1 aromatic heterocycles. The zero-order valence-electron chi connectivity index (χ0n) is 11.9. The number of rotatable bonds is 6. The van der Waals surface area contributed by atoms with Crippen LogP contribution in [0.1, 0.15) is 45.9 Å². The highest BCUT2D eigenvalue weighted by atomic mass is 15.3. The van der Waals surface area contributed by atoms with Crippen molar-refractivity contribution in [1.29, 1.82) is 0 Å². The topological polar surface area (TPSA) is 42.7 Å². The van der Waals surface area contributed by atoms with Gasteiger partial charge in [-0.15, -0.1) is 0 Å². The minimum atomic E-state index is 0.628. The number of hydrogen-bond donors (Lipinski definition) is 1. The largest absolute Gasteiger partial charge is 0.314 e. The Bertz CT molecular complexity index is 358. The fraction of sp³-hybridized carbons (Fsp3) is 0.857. The Balaban J connectivity index is 1.88. The molecule has 2 rings (SSSR count). The lowest BCUT2D eigenvalue weighted by atomic mass is 10.0. The maximum atomic E-state index is 4.44. The monoisotopic (exact) mass is 250 g/mol. The summed E-state index contributed by atoms with van der Waals surface area (Å²) in [4.78, 5) is 4.44. The third-order valence-corrected chi connectivity index (χ3v) is 3.74. The molecule has 1 aliphatic rings. The number of nitrogens with zero attached hydrogens (tertiary/aromatic N) is 3. The van der Waals surface area contributed by atoms with Crippen LogP contribution in [0.4, 0.5) is 0 Å². The van der Waals surface area contributed by atoms with Crippen molar-refractivity contribution in [3.63, 3.8) is 0 Å². The first kappa shape index (κ1) is 13.5. The van der Waals surface area contributed by atoms with E-state index in [1.54, 1.807) is 6.33 Å². The SMILES string of the molecule is CCNC1CCC(Cc2ncnn2CC(C)C)C1. The third-order valence-electron chi connectivity index (χ3n) is 3.74. The second-order valence-corrected chi connectivity index (χ2v) is 5.89. The average molecular weight is 250 g/mol. The van der Waals surface area contributed by atoms with Gasteiger partial charge in [0.25, 0.3) is 0 Å². The third kappa shape index (κ3) is 3.55. The van der Waals surface area contributed by atoms with Gasteiger partial charge < -0.3 is 5.32 Å². The van der Waals surface area contributed by atoms with E-state index in [2.05, 4.69) is 40.9 Å². The molecule has 4 heteroatoms. The molecule has 1 fully saturated rings. The molecule has 4 nitrogen and oxygen atoms in total. The predicted octanol–water partition coefficient (Wildman–Crippen LogP) is 2.25. The number of aromatic nitrogens is 3. The molecule has 0 amide bonds. The zero-order valence-corrected chi connectivity index (χ0v) is 11.9. The molecule has 1 aliphatic carbocycles. The van der Waals surface area contributed by atoms with Crippen LogP contribution in [-0.4, -0.2) is 27.4 Å². The first-order valence-corrected chi connectivity index (χ1v) is 7.29. The van der Waals surface area contributed by atoms with Crippen molar-refractivity contribution < 1.29 is 0 Å². The highest BCUT2D eigenvalue weighted by Gasteiger charge is 2.25. The van der Waals surface area contributed by atoms with Crippen molar-refractivity contribution in [2.75, 3.05) is 6.54 Å². The molecule has 0 radical (unpaired) electrons. The van der Waals surface area contributed by atoms with Gasteiger partial charge in [0, 0.05) is 19.0 Å². The standard InChI is InChI=1S/C14H26N4/c1-4-15-13-6-5-12(7-13)8-14-16-10-17-18(14)9-11(2)3/h10-13,15H,4-9H2,1-3H3. The van der Waals surface area contributed by atoms with Crippen LogP contribution in [-0.2, 0) is 13.0 Å². The van der Waals surface area contributed by atoms with Crippen LogP contribution in [0.2, 0.25) is 0 Å². The molecule has 0 saturated heterocycles. The van der Waals surface area contributed by atoms with Gasteiger partial charge in [-0.1, -0.05) is 20.8 Å². The molecule has 1 heterocycles. The van der Waals surface area contributed by atoms with Gasteiger partial charge in [-0.25, -0.2) is 9.67 Å². The summed E-state index contributed by atoms with van der Waals surface area (Å²) in [6.07, 6.45) is 6.73. The lowest BCUT2D eigenvalue weighted by molar-refractivity contribution is 0.434. The van der Waals surface area contributed by atoms with E-state index in [9.17, 15) is 0 Å². The molecule has 1 saturated carbocycles. The Hall–Kier alpha value is -0.900. The van der Waals surface area contributed by atoms with Gasteiger partial charge in [0.15, 0.2) is 0 Å². The van der Waals surface area contributed by atoms with Crippen molar-refractivity contribution in [3.8, 4) is 0 Å². The van der Waals surface area contributed by atoms with E-state index in [1.165, 1.54) is 25.1 Å². The summed E-state index contributed by atoms with van der Waals surface area (Å²) in [6, 6.07) is 0.724. The lowest BCUT2D eigenvalue weighted by Gasteiger charge is -2.13. The Morgan fingerprint density at radius 3 is 3.00 bits per heavy atom. The summed E-state index contributed by atoms with van der Waals surface area (Å²) >= 11 is 0. The summed E-state index contributed by atoms with van der Waals surface area (Å²) < 4.78 is 2.09. The van der Waals surface area contributed by atoms with Crippen LogP contribution in [0.5, 0.6) is 0 Å². The summed E-state index contributed by atoms with van der Waals surface area (Å²) in [5, 5.41) is 7.90. The van der Waals surface area contributed by atoms with E-state index in [0.29, 0.717) is 5.92 Å². The molecule has 2 unspecified atom stereocenters. The van der Waals surface area contributed by atoms with Crippen LogP contribution in [0.3, 0.4) is 0 Å². The molecule has 18 heavy (non-hydrogen) atoms. The lowest BCUT2D eigenvalue weighted by Crippen LogP contribution is -2.26. The van der Waals surface area contributed by atoms with Crippen LogP contribution >= 0.6 is 0 Å². The minimum Gasteiger partial charge on any atom is -0.314 e. The quantitative estimate of drug-likeness (QED) is 0.842. The van der Waals surface area contributed by atoms with Gasteiger partial charge >= 0.3 is 0 Å². The average Bonchev–Trinajstić information content (AvgIpc) is 2.90. The maximum Gasteiger partial charge on any atom is 0.138 e. The Morgan fingerprint density at radius 2 is 2.28 bits per heavy atom. The van der Waals surface area contributed by atoms with Gasteiger partial charge in [0.2, 0.25) is 0 Å². The Labute approximate surface area is 110 Å². The van der Waals surface area contributed by atoms with Gasteiger partial charge in [-0.05, 0) is 37.6 Å². The van der Waals surface area contributed by atoms with Crippen LogP contribution in [0.25, 0.3) is 0 Å². The Morgan fingerprint density at radius 1 is 1.44 bits per heavy atom. The van der Waals surface area contributed by atoms with E-state index in [-0.39, 0.29) is 0 Å². The van der Waals surface area contributed by atoms with Crippen molar-refractivity contribution in [2.24, 2.45) is 11.8 Å². The zero-order chi connectivity index (χ0) is 13.0. The number of nitrogens with one attached hydrogen (secondary N) is 1. The molecular formula is C14H26N4. The first-order valence-electron chi connectivity index (χ1n) is 7.29. The summed E-state index contributed by atoms with van der Waals surface area (Å²) in [5.74, 6) is 2.58. The second-order valence-electron chi connectivity index (χ2n) is 5.89. The smallest absolute Gasteiger partial charge is 0.138 e. The predicted molar refractivity (Wildman–Crippen MR) is 73.4 cm³/mol. The number of hydrogen-bond acceptors (Lipinski definition) is 3. The van der Waals surface area contributed by atoms with E-state index >= 15 is 0 Å². The van der Waals surface area contributed by atoms with Crippen LogP contribution in [0.15, 0.2) is 6.33 Å². The molecular weight excluding hydrogens is 224 g/mol. The first-order chi connectivity index (χ1) is 8.69. The molecule has 0 aliphatic heterocycles. The molecule has 102 valence electrons. The summed E-state index contributed by atoms with van der Waals surface area (Å²) in [6.45, 7) is 8.71. The van der Waals surface area contributed by atoms with E-state index in [4.69, 9.17) is 0 Å². The molecule has 0 aromatic carbocycles. The summed E-state index contributed by atoms with van der Waals surface area (Å²) in [7, 11) is 0. The Kier molecular flexibility index (Phi) is 4.75. The fourth-order valence-electron chi connectivity index (χ4n) is 2.94. The summed E-state index contributed by atoms with van der Waals surface area (Å²) in [5.41, 5.74) is 0. The highest BCUT2D eigenvalue weighted by Crippen LogP contribution is 2.28. The van der Waals surface area contributed by atoms with Crippen LogP contribution < -0.4 is 5.32 Å². The molecule has 0 bridgehead atoms. The fourth-order valence-corrected chi connectivity index (χ4v) is 2.94. The van der Waals surface area contributed by atoms with Gasteiger partial charge in [0.05, 0.1) is 0 Å². The molecule has 1 N–H and O–H groups in total. The van der Waals surface area contributed by atoms with E-state index in [1.807, 2.05) is 0 Å². The molecule has 2 atom stereocenters. The second kappa shape index (κ2) is 6.32. The molecule has 1 aromatic rings. The van der Waals surface area contributed by atoms with E-state index < -0.39 is 0 Å².